The predicted octanol–water partition coefficient (Wildman–Crippen LogP) is 1.50. The second-order valence-electron chi connectivity index (χ2n) is 4.82. The highest BCUT2D eigenvalue weighted by Gasteiger charge is 2.29. The Morgan fingerprint density at radius 2 is 2.20 bits per heavy atom. The fraction of sp³-hybridized carbons (Fsp3) is 1.00. The van der Waals surface area contributed by atoms with Gasteiger partial charge < -0.3 is 9.84 Å². The monoisotopic (exact) mass is 215 g/mol. The quantitative estimate of drug-likeness (QED) is 0.754. The molecule has 1 rings (SSSR count). The number of hydrogen-bond acceptors (Lipinski definition) is 3. The van der Waals surface area contributed by atoms with E-state index < -0.39 is 0 Å². The summed E-state index contributed by atoms with van der Waals surface area (Å²) in [6.45, 7) is 7.95. The maximum Gasteiger partial charge on any atom is 0.0702 e. The number of aliphatic hydroxyl groups excluding tert-OH is 1. The predicted molar refractivity (Wildman–Crippen MR) is 61.9 cm³/mol. The molecule has 0 aromatic rings. The minimum atomic E-state index is -0.215. The van der Waals surface area contributed by atoms with E-state index in [1.807, 2.05) is 0 Å². The molecule has 3 nitrogen and oxygen atoms in total. The lowest BCUT2D eigenvalue weighted by atomic mass is 10.0. The van der Waals surface area contributed by atoms with Gasteiger partial charge in [0.25, 0.3) is 0 Å². The average Bonchev–Trinajstić information content (AvgIpc) is 2.63. The number of hydrogen-bond donors (Lipinski definition) is 1. The summed E-state index contributed by atoms with van der Waals surface area (Å²) < 4.78 is 5.53. The second-order valence-corrected chi connectivity index (χ2v) is 4.82. The highest BCUT2D eigenvalue weighted by atomic mass is 16.5. The minimum Gasteiger partial charge on any atom is -0.392 e. The molecule has 4 unspecified atom stereocenters. The van der Waals surface area contributed by atoms with Crippen molar-refractivity contribution in [1.82, 2.24) is 4.90 Å². The lowest BCUT2D eigenvalue weighted by molar-refractivity contribution is 0.0385. The van der Waals surface area contributed by atoms with Crippen molar-refractivity contribution in [3.05, 3.63) is 0 Å². The summed E-state index contributed by atoms with van der Waals surface area (Å²) in [4.78, 5) is 2.24. The number of likely N-dealkylation sites (N-methyl/N-ethyl adjacent to an activating group) is 1. The fourth-order valence-electron chi connectivity index (χ4n) is 2.18. The van der Waals surface area contributed by atoms with E-state index in [9.17, 15) is 5.11 Å². The Labute approximate surface area is 93.4 Å². The molecule has 0 aromatic carbocycles. The van der Waals surface area contributed by atoms with E-state index in [-0.39, 0.29) is 6.10 Å². The molecule has 0 saturated carbocycles. The Kier molecular flexibility index (Phi) is 5.03. The van der Waals surface area contributed by atoms with E-state index in [1.54, 1.807) is 0 Å². The van der Waals surface area contributed by atoms with Gasteiger partial charge in [-0.25, -0.2) is 0 Å². The van der Waals surface area contributed by atoms with Crippen molar-refractivity contribution >= 4 is 0 Å². The third-order valence-electron chi connectivity index (χ3n) is 3.68. The summed E-state index contributed by atoms with van der Waals surface area (Å²) in [5.41, 5.74) is 0. The zero-order chi connectivity index (χ0) is 11.4. The highest BCUT2D eigenvalue weighted by Crippen LogP contribution is 2.19. The van der Waals surface area contributed by atoms with Gasteiger partial charge in [0.2, 0.25) is 0 Å². The molecule has 1 heterocycles. The smallest absolute Gasteiger partial charge is 0.0702 e. The largest absolute Gasteiger partial charge is 0.392 e. The van der Waals surface area contributed by atoms with Crippen LogP contribution in [0.5, 0.6) is 0 Å². The van der Waals surface area contributed by atoms with E-state index in [4.69, 9.17) is 4.74 Å². The molecule has 3 heteroatoms. The van der Waals surface area contributed by atoms with Crippen molar-refractivity contribution in [2.45, 2.75) is 51.9 Å². The number of nitrogens with zero attached hydrogens (tertiary/aromatic N) is 1. The van der Waals surface area contributed by atoms with Crippen LogP contribution >= 0.6 is 0 Å². The third kappa shape index (κ3) is 3.44. The van der Waals surface area contributed by atoms with Gasteiger partial charge >= 0.3 is 0 Å². The Hall–Kier alpha value is -0.120. The van der Waals surface area contributed by atoms with Crippen molar-refractivity contribution in [3.8, 4) is 0 Å². The zero-order valence-electron chi connectivity index (χ0n) is 10.4. The molecule has 1 aliphatic rings. The summed E-state index contributed by atoms with van der Waals surface area (Å²) in [5, 5.41) is 9.95. The maximum atomic E-state index is 9.95. The second kappa shape index (κ2) is 5.83. The van der Waals surface area contributed by atoms with Gasteiger partial charge in [0, 0.05) is 19.2 Å². The van der Waals surface area contributed by atoms with Crippen LogP contribution < -0.4 is 0 Å². The summed E-state index contributed by atoms with van der Waals surface area (Å²) in [6, 6.07) is 0.476. The number of rotatable bonds is 5. The lowest BCUT2D eigenvalue weighted by Crippen LogP contribution is -2.42. The Morgan fingerprint density at radius 3 is 2.67 bits per heavy atom. The molecular formula is C12H25NO2. The van der Waals surface area contributed by atoms with Crippen molar-refractivity contribution in [1.29, 1.82) is 0 Å². The van der Waals surface area contributed by atoms with Crippen LogP contribution in [-0.2, 0) is 4.74 Å². The molecule has 0 aromatic heterocycles. The van der Waals surface area contributed by atoms with Gasteiger partial charge in [0.15, 0.2) is 0 Å². The third-order valence-corrected chi connectivity index (χ3v) is 3.68. The molecule has 0 radical (unpaired) electrons. The molecule has 0 aliphatic carbocycles. The first-order valence-electron chi connectivity index (χ1n) is 6.06. The molecule has 1 N–H and O–H groups in total. The molecule has 4 atom stereocenters. The lowest BCUT2D eigenvalue weighted by Gasteiger charge is -2.30. The van der Waals surface area contributed by atoms with Crippen LogP contribution in [0.2, 0.25) is 0 Å². The van der Waals surface area contributed by atoms with Gasteiger partial charge in [-0.15, -0.1) is 0 Å². The van der Waals surface area contributed by atoms with Gasteiger partial charge in [0.1, 0.15) is 0 Å². The number of aliphatic hydroxyl groups is 1. The SMILES string of the molecule is CCC(C)C(O)CN(C)C1CCOC1C. The maximum absolute atomic E-state index is 9.95. The van der Waals surface area contributed by atoms with Gasteiger partial charge in [0.05, 0.1) is 12.2 Å². The van der Waals surface area contributed by atoms with Crippen LogP contribution in [0.3, 0.4) is 0 Å². The van der Waals surface area contributed by atoms with Crippen molar-refractivity contribution in [3.63, 3.8) is 0 Å². The summed E-state index contributed by atoms with van der Waals surface area (Å²) in [6.07, 6.45) is 2.21. The molecule has 0 bridgehead atoms. The zero-order valence-corrected chi connectivity index (χ0v) is 10.4. The average molecular weight is 215 g/mol. The first kappa shape index (κ1) is 12.9. The molecule has 0 spiro atoms. The van der Waals surface area contributed by atoms with Crippen LogP contribution in [0, 0.1) is 5.92 Å². The van der Waals surface area contributed by atoms with Crippen LogP contribution in [0.1, 0.15) is 33.6 Å². The normalized spacial score (nSPS) is 30.8. The standard InChI is InChI=1S/C12H25NO2/c1-5-9(2)12(14)8-13(4)11-6-7-15-10(11)3/h9-12,14H,5-8H2,1-4H3. The van der Waals surface area contributed by atoms with Crippen molar-refractivity contribution < 1.29 is 9.84 Å². The Bertz CT molecular complexity index is 186. The topological polar surface area (TPSA) is 32.7 Å². The van der Waals surface area contributed by atoms with Crippen LogP contribution in [0.25, 0.3) is 0 Å². The molecule has 0 amide bonds. The summed E-state index contributed by atoms with van der Waals surface area (Å²) in [7, 11) is 2.08. The van der Waals surface area contributed by atoms with E-state index in [0.29, 0.717) is 18.1 Å². The Balaban J connectivity index is 2.37. The van der Waals surface area contributed by atoms with Crippen molar-refractivity contribution in [2.24, 2.45) is 5.92 Å². The van der Waals surface area contributed by atoms with Gasteiger partial charge in [-0.1, -0.05) is 20.3 Å². The number of ether oxygens (including phenoxy) is 1. The van der Waals surface area contributed by atoms with Gasteiger partial charge in [-0.3, -0.25) is 4.90 Å². The molecule has 15 heavy (non-hydrogen) atoms. The van der Waals surface area contributed by atoms with E-state index in [0.717, 1.165) is 26.0 Å². The molecule has 1 saturated heterocycles. The molecular weight excluding hydrogens is 190 g/mol. The van der Waals surface area contributed by atoms with Crippen LogP contribution in [0.4, 0.5) is 0 Å². The first-order valence-corrected chi connectivity index (χ1v) is 6.06. The van der Waals surface area contributed by atoms with Gasteiger partial charge in [-0.05, 0) is 26.3 Å². The van der Waals surface area contributed by atoms with Crippen LogP contribution in [-0.4, -0.2) is 48.5 Å². The first-order chi connectivity index (χ1) is 7.06. The summed E-state index contributed by atoms with van der Waals surface area (Å²) in [5.74, 6) is 0.380. The molecule has 1 fully saturated rings. The van der Waals surface area contributed by atoms with E-state index in [2.05, 4.69) is 32.7 Å². The molecule has 90 valence electrons. The molecule has 1 aliphatic heterocycles. The fourth-order valence-corrected chi connectivity index (χ4v) is 2.18. The minimum absolute atomic E-state index is 0.215. The van der Waals surface area contributed by atoms with Crippen LogP contribution in [0.15, 0.2) is 0 Å². The van der Waals surface area contributed by atoms with Crippen molar-refractivity contribution in [2.75, 3.05) is 20.2 Å². The van der Waals surface area contributed by atoms with E-state index in [1.165, 1.54) is 0 Å². The summed E-state index contributed by atoms with van der Waals surface area (Å²) >= 11 is 0. The van der Waals surface area contributed by atoms with Gasteiger partial charge in [-0.2, -0.15) is 0 Å². The van der Waals surface area contributed by atoms with E-state index >= 15 is 0 Å². The highest BCUT2D eigenvalue weighted by molar-refractivity contribution is 4.82. The Morgan fingerprint density at radius 1 is 1.53 bits per heavy atom.